The molecule has 1 saturated heterocycles. The summed E-state index contributed by atoms with van der Waals surface area (Å²) in [5.74, 6) is 1.97. The molecule has 4 saturated carbocycles. The maximum Gasteiger partial charge on any atom is 0.335 e. The fourth-order valence-corrected chi connectivity index (χ4v) is 7.31. The Hall–Kier alpha value is -3.67. The van der Waals surface area contributed by atoms with Crippen LogP contribution < -0.4 is 15.0 Å². The van der Waals surface area contributed by atoms with Gasteiger partial charge in [0.05, 0.1) is 12.8 Å². The second-order valence-corrected chi connectivity index (χ2v) is 10.9. The normalized spacial score (nSPS) is 30.4. The number of imide groups is 2. The van der Waals surface area contributed by atoms with E-state index in [1.165, 1.54) is 50.2 Å². The molecule has 36 heavy (non-hydrogen) atoms. The summed E-state index contributed by atoms with van der Waals surface area (Å²) in [6.07, 6.45) is 12.8. The Balaban J connectivity index is 1.22. The number of carbonyl (C=O) groups excluding carboxylic acids is 3. The van der Waals surface area contributed by atoms with Gasteiger partial charge in [0.1, 0.15) is 11.3 Å². The minimum atomic E-state index is -0.719. The van der Waals surface area contributed by atoms with Crippen LogP contribution >= 0.6 is 0 Å². The smallest absolute Gasteiger partial charge is 0.335 e. The van der Waals surface area contributed by atoms with Crippen LogP contribution in [0.15, 0.2) is 66.3 Å². The Bertz CT molecular complexity index is 1240. The van der Waals surface area contributed by atoms with E-state index in [1.54, 1.807) is 19.3 Å². The molecule has 5 fully saturated rings. The van der Waals surface area contributed by atoms with Crippen LogP contribution in [0.25, 0.3) is 6.08 Å². The molecular weight excluding hydrogens is 452 g/mol. The van der Waals surface area contributed by atoms with Gasteiger partial charge >= 0.3 is 6.03 Å². The number of rotatable bonds is 5. The van der Waals surface area contributed by atoms with Gasteiger partial charge in [-0.25, -0.2) is 9.69 Å². The van der Waals surface area contributed by atoms with Crippen molar-refractivity contribution in [1.82, 2.24) is 5.32 Å². The van der Waals surface area contributed by atoms with Crippen molar-refractivity contribution in [2.24, 2.45) is 17.8 Å². The Labute approximate surface area is 211 Å². The van der Waals surface area contributed by atoms with E-state index in [1.807, 2.05) is 36.4 Å². The fraction of sp³-hybridized carbons (Fsp3) is 0.367. The number of anilines is 1. The van der Waals surface area contributed by atoms with Crippen LogP contribution in [-0.2, 0) is 15.0 Å². The number of urea groups is 1. The zero-order valence-corrected chi connectivity index (χ0v) is 20.4. The molecule has 0 atom stereocenters. The SMILES string of the molecule is COc1ccc(/C=C/C=C2\C(=O)NC(=O)N(c3ccc(C45CC6CC(CC(C6)C4)C5)cc3)C2=O)cc1. The molecule has 4 bridgehead atoms. The number of hydrogen-bond donors (Lipinski definition) is 1. The Morgan fingerprint density at radius 3 is 2.08 bits per heavy atom. The number of methoxy groups -OCH3 is 1. The van der Waals surface area contributed by atoms with Crippen molar-refractivity contribution in [1.29, 1.82) is 0 Å². The molecule has 6 nitrogen and oxygen atoms in total. The van der Waals surface area contributed by atoms with Gasteiger partial charge in [-0.3, -0.25) is 14.9 Å². The Morgan fingerprint density at radius 2 is 1.50 bits per heavy atom. The fourth-order valence-electron chi connectivity index (χ4n) is 7.31. The first-order valence-corrected chi connectivity index (χ1v) is 12.8. The monoisotopic (exact) mass is 482 g/mol. The van der Waals surface area contributed by atoms with Gasteiger partial charge in [0.25, 0.3) is 11.8 Å². The number of amides is 4. The summed E-state index contributed by atoms with van der Waals surface area (Å²) in [4.78, 5) is 39.3. The number of nitrogens with one attached hydrogen (secondary N) is 1. The van der Waals surface area contributed by atoms with Crippen LogP contribution in [0, 0.1) is 17.8 Å². The lowest BCUT2D eigenvalue weighted by molar-refractivity contribution is -0.122. The van der Waals surface area contributed by atoms with Crippen molar-refractivity contribution in [2.45, 2.75) is 43.9 Å². The molecule has 1 heterocycles. The number of carbonyl (C=O) groups is 3. The van der Waals surface area contributed by atoms with Crippen molar-refractivity contribution in [3.05, 3.63) is 77.4 Å². The van der Waals surface area contributed by atoms with Crippen molar-refractivity contribution >= 4 is 29.6 Å². The van der Waals surface area contributed by atoms with Crippen LogP contribution in [0.5, 0.6) is 5.75 Å². The highest BCUT2D eigenvalue weighted by molar-refractivity contribution is 6.37. The number of ether oxygens (including phenoxy) is 1. The molecule has 1 N–H and O–H groups in total. The highest BCUT2D eigenvalue weighted by atomic mass is 16.5. The second kappa shape index (κ2) is 8.77. The average molecular weight is 483 g/mol. The highest BCUT2D eigenvalue weighted by Crippen LogP contribution is 2.60. The minimum absolute atomic E-state index is 0.0791. The molecule has 0 radical (unpaired) electrons. The molecule has 0 aromatic heterocycles. The van der Waals surface area contributed by atoms with Crippen molar-refractivity contribution < 1.29 is 19.1 Å². The van der Waals surface area contributed by atoms with Crippen LogP contribution in [-0.4, -0.2) is 25.0 Å². The molecule has 1 aliphatic heterocycles. The zero-order valence-electron chi connectivity index (χ0n) is 20.4. The first-order valence-electron chi connectivity index (χ1n) is 12.8. The van der Waals surface area contributed by atoms with Crippen LogP contribution in [0.2, 0.25) is 0 Å². The summed E-state index contributed by atoms with van der Waals surface area (Å²) in [6.45, 7) is 0. The molecule has 5 aliphatic rings. The average Bonchev–Trinajstić information content (AvgIpc) is 2.86. The van der Waals surface area contributed by atoms with Crippen molar-refractivity contribution in [3.63, 3.8) is 0 Å². The first-order chi connectivity index (χ1) is 17.4. The van der Waals surface area contributed by atoms with Gasteiger partial charge in [0.2, 0.25) is 0 Å². The maximum atomic E-state index is 13.2. The van der Waals surface area contributed by atoms with E-state index in [-0.39, 0.29) is 11.0 Å². The summed E-state index contributed by atoms with van der Waals surface area (Å²) in [7, 11) is 1.60. The summed E-state index contributed by atoms with van der Waals surface area (Å²) in [5.41, 5.74) is 2.86. The molecule has 4 amide bonds. The molecule has 4 aliphatic carbocycles. The van der Waals surface area contributed by atoms with Crippen LogP contribution in [0.4, 0.5) is 10.5 Å². The van der Waals surface area contributed by atoms with Gasteiger partial charge in [-0.1, -0.05) is 36.4 Å². The molecule has 2 aromatic rings. The van der Waals surface area contributed by atoms with Crippen LogP contribution in [0.1, 0.15) is 49.7 Å². The van der Waals surface area contributed by atoms with Gasteiger partial charge in [0, 0.05) is 0 Å². The van der Waals surface area contributed by atoms with E-state index < -0.39 is 17.8 Å². The molecule has 184 valence electrons. The largest absolute Gasteiger partial charge is 0.497 e. The zero-order chi connectivity index (χ0) is 24.9. The summed E-state index contributed by atoms with van der Waals surface area (Å²) in [6, 6.07) is 14.6. The van der Waals surface area contributed by atoms with E-state index in [0.29, 0.717) is 5.69 Å². The van der Waals surface area contributed by atoms with Gasteiger partial charge in [-0.2, -0.15) is 0 Å². The van der Waals surface area contributed by atoms with Gasteiger partial charge in [0.15, 0.2) is 0 Å². The number of benzene rings is 2. The van der Waals surface area contributed by atoms with E-state index in [9.17, 15) is 14.4 Å². The quantitative estimate of drug-likeness (QED) is 0.458. The van der Waals surface area contributed by atoms with Crippen molar-refractivity contribution in [2.75, 3.05) is 12.0 Å². The summed E-state index contributed by atoms with van der Waals surface area (Å²) in [5, 5.41) is 2.30. The van der Waals surface area contributed by atoms with E-state index in [2.05, 4.69) is 17.4 Å². The summed E-state index contributed by atoms with van der Waals surface area (Å²) < 4.78 is 5.16. The predicted molar refractivity (Wildman–Crippen MR) is 137 cm³/mol. The Morgan fingerprint density at radius 1 is 0.889 bits per heavy atom. The minimum Gasteiger partial charge on any atom is -0.497 e. The number of allylic oxidation sites excluding steroid dienone is 2. The predicted octanol–water partition coefficient (Wildman–Crippen LogP) is 5.39. The molecule has 7 rings (SSSR count). The van der Waals surface area contributed by atoms with Gasteiger partial charge in [-0.05, 0) is 103 Å². The summed E-state index contributed by atoms with van der Waals surface area (Å²) >= 11 is 0. The van der Waals surface area contributed by atoms with E-state index in [4.69, 9.17) is 4.74 Å². The number of barbiturate groups is 1. The van der Waals surface area contributed by atoms with Crippen LogP contribution in [0.3, 0.4) is 0 Å². The lowest BCUT2D eigenvalue weighted by Gasteiger charge is -2.57. The molecule has 0 unspecified atom stereocenters. The maximum absolute atomic E-state index is 13.2. The van der Waals surface area contributed by atoms with Crippen molar-refractivity contribution in [3.8, 4) is 5.75 Å². The molecule has 0 spiro atoms. The van der Waals surface area contributed by atoms with Gasteiger partial charge < -0.3 is 4.74 Å². The molecular formula is C30H30N2O4. The second-order valence-electron chi connectivity index (χ2n) is 10.9. The molecule has 6 heteroatoms. The standard InChI is InChI=1S/C30H30N2O4/c1-36-25-11-5-19(6-12-25)3-2-4-26-27(33)31-29(35)32(28(26)34)24-9-7-23(8-10-24)30-16-20-13-21(17-30)15-22(14-20)18-30/h2-12,20-22H,13-18H2,1H3,(H,31,33,35)/b3-2+,26-4+. The van der Waals surface area contributed by atoms with E-state index in [0.717, 1.165) is 34.0 Å². The third-order valence-corrected chi connectivity index (χ3v) is 8.55. The third kappa shape index (κ3) is 3.94. The first kappa shape index (κ1) is 22.8. The Kier molecular flexibility index (Phi) is 5.55. The number of nitrogens with zero attached hydrogens (tertiary/aromatic N) is 1. The lowest BCUT2D eigenvalue weighted by Crippen LogP contribution is -2.54. The van der Waals surface area contributed by atoms with Gasteiger partial charge in [-0.15, -0.1) is 0 Å². The topological polar surface area (TPSA) is 75.7 Å². The van der Waals surface area contributed by atoms with E-state index >= 15 is 0 Å². The lowest BCUT2D eigenvalue weighted by atomic mass is 9.48. The number of hydrogen-bond acceptors (Lipinski definition) is 4. The third-order valence-electron chi connectivity index (χ3n) is 8.55. The highest BCUT2D eigenvalue weighted by Gasteiger charge is 2.51. The molecule has 2 aromatic carbocycles.